The van der Waals surface area contributed by atoms with Gasteiger partial charge in [0.2, 0.25) is 0 Å². The topological polar surface area (TPSA) is 35.5 Å². The summed E-state index contributed by atoms with van der Waals surface area (Å²) in [4.78, 5) is 11.3. The van der Waals surface area contributed by atoms with Gasteiger partial charge >= 0.3 is 5.97 Å². The maximum atomic E-state index is 11.3. The minimum Gasteiger partial charge on any atom is -0.469 e. The normalized spacial score (nSPS) is 17.1. The van der Waals surface area contributed by atoms with Gasteiger partial charge in [-0.1, -0.05) is 18.2 Å². The predicted molar refractivity (Wildman–Crippen MR) is 69.7 cm³/mol. The molecular formula is C15H20O3. The first-order chi connectivity index (χ1) is 8.57. The molecule has 1 aliphatic heterocycles. The van der Waals surface area contributed by atoms with E-state index in [4.69, 9.17) is 9.47 Å². The highest BCUT2D eigenvalue weighted by atomic mass is 16.5. The first kappa shape index (κ1) is 13.1. The molecule has 0 aliphatic carbocycles. The highest BCUT2D eigenvalue weighted by molar-refractivity contribution is 5.69. The Bertz CT molecular complexity index is 447. The third kappa shape index (κ3) is 2.41. The lowest BCUT2D eigenvalue weighted by Gasteiger charge is -2.42. The second-order valence-corrected chi connectivity index (χ2v) is 5.15. The fraction of sp³-hybridized carbons (Fsp3) is 0.533. The molecule has 0 amide bonds. The summed E-state index contributed by atoms with van der Waals surface area (Å²) >= 11 is 0. The fourth-order valence-electron chi connectivity index (χ4n) is 2.32. The molecule has 1 saturated heterocycles. The van der Waals surface area contributed by atoms with Crippen LogP contribution in [0.5, 0.6) is 0 Å². The van der Waals surface area contributed by atoms with E-state index in [0.717, 1.165) is 6.42 Å². The lowest BCUT2D eigenvalue weighted by atomic mass is 9.74. The Balaban J connectivity index is 2.16. The molecule has 3 nitrogen and oxygen atoms in total. The van der Waals surface area contributed by atoms with E-state index in [2.05, 4.69) is 32.0 Å². The minimum absolute atomic E-state index is 0.00660. The van der Waals surface area contributed by atoms with Crippen molar-refractivity contribution in [3.05, 3.63) is 34.9 Å². The van der Waals surface area contributed by atoms with Crippen molar-refractivity contribution in [2.75, 3.05) is 20.3 Å². The van der Waals surface area contributed by atoms with Gasteiger partial charge in [-0.15, -0.1) is 0 Å². The SMILES string of the molecule is COC(=O)CCC1(c2ccc(C)c(C)c2)COC1. The lowest BCUT2D eigenvalue weighted by Crippen LogP contribution is -2.47. The number of carbonyl (C=O) groups is 1. The molecule has 1 aliphatic rings. The van der Waals surface area contributed by atoms with Crippen molar-refractivity contribution >= 4 is 5.97 Å². The molecule has 0 atom stereocenters. The number of benzene rings is 1. The van der Waals surface area contributed by atoms with Crippen LogP contribution >= 0.6 is 0 Å². The number of carbonyl (C=O) groups excluding carboxylic acids is 1. The van der Waals surface area contributed by atoms with Crippen molar-refractivity contribution in [1.82, 2.24) is 0 Å². The summed E-state index contributed by atoms with van der Waals surface area (Å²) in [5, 5.41) is 0. The summed E-state index contributed by atoms with van der Waals surface area (Å²) < 4.78 is 10.1. The number of ether oxygens (including phenoxy) is 2. The van der Waals surface area contributed by atoms with Gasteiger partial charge in [-0.25, -0.2) is 0 Å². The lowest BCUT2D eigenvalue weighted by molar-refractivity contribution is -0.142. The average Bonchev–Trinajstić information content (AvgIpc) is 2.31. The van der Waals surface area contributed by atoms with Crippen molar-refractivity contribution in [2.45, 2.75) is 32.1 Å². The van der Waals surface area contributed by atoms with Gasteiger partial charge in [0.1, 0.15) is 0 Å². The maximum Gasteiger partial charge on any atom is 0.305 e. The quantitative estimate of drug-likeness (QED) is 0.768. The number of rotatable bonds is 4. The average molecular weight is 248 g/mol. The third-order valence-electron chi connectivity index (χ3n) is 3.91. The summed E-state index contributed by atoms with van der Waals surface area (Å²) in [5.74, 6) is -0.148. The van der Waals surface area contributed by atoms with E-state index in [-0.39, 0.29) is 11.4 Å². The van der Waals surface area contributed by atoms with E-state index in [0.29, 0.717) is 19.6 Å². The van der Waals surface area contributed by atoms with Crippen LogP contribution in [0.25, 0.3) is 0 Å². The molecule has 1 aromatic carbocycles. The summed E-state index contributed by atoms with van der Waals surface area (Å²) in [7, 11) is 1.43. The Morgan fingerprint density at radius 3 is 2.56 bits per heavy atom. The minimum atomic E-state index is -0.148. The zero-order valence-corrected chi connectivity index (χ0v) is 11.3. The molecule has 98 valence electrons. The van der Waals surface area contributed by atoms with Crippen LogP contribution in [0.1, 0.15) is 29.5 Å². The number of hydrogen-bond acceptors (Lipinski definition) is 3. The Kier molecular flexibility index (Phi) is 3.71. The van der Waals surface area contributed by atoms with Gasteiger partial charge in [0, 0.05) is 11.8 Å². The van der Waals surface area contributed by atoms with Crippen molar-refractivity contribution in [1.29, 1.82) is 0 Å². The molecule has 3 heteroatoms. The van der Waals surface area contributed by atoms with Crippen LogP contribution in [0.2, 0.25) is 0 Å². The zero-order valence-electron chi connectivity index (χ0n) is 11.3. The molecule has 1 fully saturated rings. The third-order valence-corrected chi connectivity index (χ3v) is 3.91. The van der Waals surface area contributed by atoms with Crippen LogP contribution in [0.3, 0.4) is 0 Å². The van der Waals surface area contributed by atoms with E-state index in [9.17, 15) is 4.79 Å². The fourth-order valence-corrected chi connectivity index (χ4v) is 2.32. The van der Waals surface area contributed by atoms with Crippen molar-refractivity contribution in [3.63, 3.8) is 0 Å². The highest BCUT2D eigenvalue weighted by Crippen LogP contribution is 2.37. The molecule has 2 rings (SSSR count). The maximum absolute atomic E-state index is 11.3. The van der Waals surface area contributed by atoms with E-state index < -0.39 is 0 Å². The Hall–Kier alpha value is -1.35. The Morgan fingerprint density at radius 2 is 2.06 bits per heavy atom. The molecule has 0 N–H and O–H groups in total. The summed E-state index contributed by atoms with van der Waals surface area (Å²) in [6.07, 6.45) is 1.24. The summed E-state index contributed by atoms with van der Waals surface area (Å²) in [6, 6.07) is 6.51. The van der Waals surface area contributed by atoms with Crippen LogP contribution in [0.15, 0.2) is 18.2 Å². The first-order valence-corrected chi connectivity index (χ1v) is 6.30. The van der Waals surface area contributed by atoms with Gasteiger partial charge in [-0.2, -0.15) is 0 Å². The van der Waals surface area contributed by atoms with Crippen molar-refractivity contribution in [2.24, 2.45) is 0 Å². The first-order valence-electron chi connectivity index (χ1n) is 6.30. The van der Waals surface area contributed by atoms with Crippen LogP contribution in [-0.4, -0.2) is 26.3 Å². The molecule has 0 spiro atoms. The van der Waals surface area contributed by atoms with Gasteiger partial charge in [0.05, 0.1) is 20.3 Å². The van der Waals surface area contributed by atoms with E-state index >= 15 is 0 Å². The van der Waals surface area contributed by atoms with Gasteiger partial charge in [-0.05, 0) is 37.0 Å². The summed E-state index contributed by atoms with van der Waals surface area (Å²) in [5.41, 5.74) is 3.87. The second kappa shape index (κ2) is 5.11. The second-order valence-electron chi connectivity index (χ2n) is 5.15. The molecule has 0 saturated carbocycles. The standard InChI is InChI=1S/C15H20O3/c1-11-4-5-13(8-12(11)2)15(9-18-10-15)7-6-14(16)17-3/h4-5,8H,6-7,9-10H2,1-3H3. The number of esters is 1. The summed E-state index contributed by atoms with van der Waals surface area (Å²) in [6.45, 7) is 5.63. The van der Waals surface area contributed by atoms with Gasteiger partial charge in [0.25, 0.3) is 0 Å². The monoisotopic (exact) mass is 248 g/mol. The largest absolute Gasteiger partial charge is 0.469 e. The molecule has 1 aromatic rings. The number of hydrogen-bond donors (Lipinski definition) is 0. The smallest absolute Gasteiger partial charge is 0.305 e. The van der Waals surface area contributed by atoms with Gasteiger partial charge in [0.15, 0.2) is 0 Å². The zero-order chi connectivity index (χ0) is 13.2. The van der Waals surface area contributed by atoms with Gasteiger partial charge < -0.3 is 9.47 Å². The number of aryl methyl sites for hydroxylation is 2. The molecule has 0 unspecified atom stereocenters. The van der Waals surface area contributed by atoms with Crippen molar-refractivity contribution < 1.29 is 14.3 Å². The van der Waals surface area contributed by atoms with Crippen molar-refractivity contribution in [3.8, 4) is 0 Å². The molecule has 1 heterocycles. The van der Waals surface area contributed by atoms with E-state index in [1.807, 2.05) is 0 Å². The van der Waals surface area contributed by atoms with Crippen LogP contribution in [0.4, 0.5) is 0 Å². The molecule has 0 bridgehead atoms. The van der Waals surface area contributed by atoms with Crippen LogP contribution in [-0.2, 0) is 19.7 Å². The highest BCUT2D eigenvalue weighted by Gasteiger charge is 2.40. The number of methoxy groups -OCH3 is 1. The van der Waals surface area contributed by atoms with Crippen LogP contribution < -0.4 is 0 Å². The van der Waals surface area contributed by atoms with E-state index in [1.165, 1.54) is 23.8 Å². The molecule has 0 radical (unpaired) electrons. The molecule has 0 aromatic heterocycles. The molecular weight excluding hydrogens is 228 g/mol. The molecule has 18 heavy (non-hydrogen) atoms. The van der Waals surface area contributed by atoms with Gasteiger partial charge in [-0.3, -0.25) is 4.79 Å². The predicted octanol–water partition coefficient (Wildman–Crippen LogP) is 2.52. The van der Waals surface area contributed by atoms with E-state index in [1.54, 1.807) is 0 Å². The Labute approximate surface area is 108 Å². The Morgan fingerprint density at radius 1 is 1.33 bits per heavy atom. The van der Waals surface area contributed by atoms with Crippen LogP contribution in [0, 0.1) is 13.8 Å².